The van der Waals surface area contributed by atoms with Gasteiger partial charge in [-0.25, -0.2) is 18.5 Å². The van der Waals surface area contributed by atoms with E-state index in [9.17, 15) is 21.6 Å². The molecule has 0 saturated heterocycles. The molecular formula is C7H6F3IN2O4S. The second-order valence-corrected chi connectivity index (χ2v) is 5.53. The highest BCUT2D eigenvalue weighted by Crippen LogP contribution is 2.38. The number of nitrogens with zero attached hydrogens (tertiary/aromatic N) is 1. The minimum absolute atomic E-state index is 0.116. The lowest BCUT2D eigenvalue weighted by Crippen LogP contribution is -2.22. The fraction of sp³-hybridized carbons (Fsp3) is 0.286. The number of aromatic nitrogens is 1. The van der Waals surface area contributed by atoms with Crippen molar-refractivity contribution in [3.63, 3.8) is 0 Å². The van der Waals surface area contributed by atoms with Crippen LogP contribution >= 0.6 is 22.6 Å². The quantitative estimate of drug-likeness (QED) is 0.774. The number of halogens is 4. The molecule has 6 nitrogen and oxygen atoms in total. The van der Waals surface area contributed by atoms with Crippen LogP contribution in [0, 0.1) is 3.57 Å². The van der Waals surface area contributed by atoms with Gasteiger partial charge in [0, 0.05) is 6.20 Å². The van der Waals surface area contributed by atoms with Crippen molar-refractivity contribution >= 4 is 32.6 Å². The van der Waals surface area contributed by atoms with Gasteiger partial charge in [0.05, 0.1) is 10.7 Å². The lowest BCUT2D eigenvalue weighted by molar-refractivity contribution is -0.276. The molecule has 11 heteroatoms. The van der Waals surface area contributed by atoms with Gasteiger partial charge in [-0.1, -0.05) is 0 Å². The minimum Gasteiger partial charge on any atom is -0.478 e. The molecule has 0 aromatic carbocycles. The Hall–Kier alpha value is -0.820. The summed E-state index contributed by atoms with van der Waals surface area (Å²) in [7, 11) is -3.40. The van der Waals surface area contributed by atoms with Gasteiger partial charge in [0.15, 0.2) is 0 Å². The Labute approximate surface area is 113 Å². The van der Waals surface area contributed by atoms with Crippen LogP contribution in [0.3, 0.4) is 0 Å². The fourth-order valence-corrected chi connectivity index (χ4v) is 3.07. The number of pyridine rings is 1. The van der Waals surface area contributed by atoms with E-state index in [2.05, 4.69) is 14.5 Å². The number of sulfonamides is 1. The molecule has 1 aromatic rings. The molecule has 0 aliphatic carbocycles. The number of nitrogens with two attached hydrogens (primary N) is 1. The van der Waals surface area contributed by atoms with Crippen molar-refractivity contribution in [3.05, 3.63) is 9.77 Å². The van der Waals surface area contributed by atoms with Gasteiger partial charge >= 0.3 is 6.36 Å². The monoisotopic (exact) mass is 398 g/mol. The molecule has 0 aliphatic heterocycles. The molecule has 0 atom stereocenters. The first-order valence-corrected chi connectivity index (χ1v) is 6.70. The summed E-state index contributed by atoms with van der Waals surface area (Å²) in [4.78, 5) is 2.65. The van der Waals surface area contributed by atoms with E-state index >= 15 is 0 Å². The van der Waals surface area contributed by atoms with Crippen molar-refractivity contribution in [2.75, 3.05) is 7.11 Å². The zero-order chi connectivity index (χ0) is 14.1. The molecule has 102 valence electrons. The molecule has 0 fully saturated rings. The lowest BCUT2D eigenvalue weighted by Gasteiger charge is -2.15. The molecule has 1 rings (SSSR count). The third kappa shape index (κ3) is 3.58. The molecule has 0 unspecified atom stereocenters. The molecule has 1 heterocycles. The first kappa shape index (κ1) is 15.2. The largest absolute Gasteiger partial charge is 0.573 e. The summed E-state index contributed by atoms with van der Waals surface area (Å²) in [6.07, 6.45) is -4.10. The smallest absolute Gasteiger partial charge is 0.478 e. The average Bonchev–Trinajstić information content (AvgIpc) is 2.13. The number of ether oxygens (including phenoxy) is 2. The maximum absolute atomic E-state index is 12.2. The molecule has 1 aromatic heterocycles. The molecular weight excluding hydrogens is 392 g/mol. The van der Waals surface area contributed by atoms with E-state index in [0.29, 0.717) is 0 Å². The predicted octanol–water partition coefficient (Wildman–Crippen LogP) is 1.24. The number of rotatable bonds is 3. The normalized spacial score (nSPS) is 12.3. The highest BCUT2D eigenvalue weighted by molar-refractivity contribution is 14.1. The number of hydrogen-bond acceptors (Lipinski definition) is 5. The van der Waals surface area contributed by atoms with Crippen molar-refractivity contribution in [2.24, 2.45) is 5.14 Å². The van der Waals surface area contributed by atoms with E-state index in [4.69, 9.17) is 5.14 Å². The van der Waals surface area contributed by atoms with E-state index in [1.807, 2.05) is 0 Å². The van der Waals surface area contributed by atoms with Crippen LogP contribution in [0.25, 0.3) is 0 Å². The first-order chi connectivity index (χ1) is 8.06. The Morgan fingerprint density at radius 1 is 1.44 bits per heavy atom. The Morgan fingerprint density at radius 2 is 2.00 bits per heavy atom. The summed E-state index contributed by atoms with van der Waals surface area (Å²) in [5, 5.41) is 4.84. The fourth-order valence-electron chi connectivity index (χ4n) is 1.05. The first-order valence-electron chi connectivity index (χ1n) is 4.07. The van der Waals surface area contributed by atoms with Crippen LogP contribution < -0.4 is 14.6 Å². The summed E-state index contributed by atoms with van der Waals surface area (Å²) in [6, 6.07) is 0. The molecule has 0 bridgehead atoms. The Kier molecular flexibility index (Phi) is 4.27. The van der Waals surface area contributed by atoms with Crippen molar-refractivity contribution in [2.45, 2.75) is 11.3 Å². The zero-order valence-electron chi connectivity index (χ0n) is 8.66. The molecule has 0 spiro atoms. The SMILES string of the molecule is COc1ncc(I)c(S(N)(=O)=O)c1OC(F)(F)F. The van der Waals surface area contributed by atoms with Gasteiger partial charge in [0.2, 0.25) is 15.8 Å². The number of hydrogen-bond donors (Lipinski definition) is 1. The standard InChI is InChI=1S/C7H6F3IN2O4S/c1-16-6-4(17-7(8,9)10)5(18(12,14)15)3(11)2-13-6/h2H,1H3,(H2,12,14,15). The van der Waals surface area contributed by atoms with E-state index in [-0.39, 0.29) is 3.57 Å². The van der Waals surface area contributed by atoms with Gasteiger partial charge in [0.25, 0.3) is 5.88 Å². The third-order valence-electron chi connectivity index (χ3n) is 1.61. The van der Waals surface area contributed by atoms with Crippen molar-refractivity contribution in [3.8, 4) is 11.6 Å². The van der Waals surface area contributed by atoms with Gasteiger partial charge in [-0.2, -0.15) is 0 Å². The summed E-state index contributed by atoms with van der Waals surface area (Å²) in [5.74, 6) is -1.71. The zero-order valence-corrected chi connectivity index (χ0v) is 11.6. The molecule has 18 heavy (non-hydrogen) atoms. The Bertz CT molecular complexity index is 561. The van der Waals surface area contributed by atoms with Gasteiger partial charge in [-0.15, -0.1) is 13.2 Å². The molecule has 0 radical (unpaired) electrons. The second-order valence-electron chi connectivity index (χ2n) is 2.87. The maximum Gasteiger partial charge on any atom is 0.573 e. The van der Waals surface area contributed by atoms with Crippen molar-refractivity contribution in [1.29, 1.82) is 0 Å². The van der Waals surface area contributed by atoms with E-state index in [0.717, 1.165) is 13.3 Å². The van der Waals surface area contributed by atoms with Crippen molar-refractivity contribution in [1.82, 2.24) is 4.98 Å². The summed E-state index contributed by atoms with van der Waals surface area (Å²) in [6.45, 7) is 0. The van der Waals surface area contributed by atoms with Crippen LogP contribution in [-0.2, 0) is 10.0 Å². The van der Waals surface area contributed by atoms with E-state index < -0.39 is 32.9 Å². The molecule has 0 saturated carbocycles. The molecule has 0 aliphatic rings. The Balaban J connectivity index is 3.57. The van der Waals surface area contributed by atoms with Crippen LogP contribution in [0.2, 0.25) is 0 Å². The summed E-state index contributed by atoms with van der Waals surface area (Å²) >= 11 is 1.47. The lowest BCUT2D eigenvalue weighted by atomic mass is 10.4. The number of alkyl halides is 3. The van der Waals surface area contributed by atoms with Gasteiger partial charge in [0.1, 0.15) is 4.90 Å². The number of primary sulfonamides is 1. The highest BCUT2D eigenvalue weighted by atomic mass is 127. The Morgan fingerprint density at radius 3 is 2.39 bits per heavy atom. The maximum atomic E-state index is 12.2. The molecule has 0 amide bonds. The third-order valence-corrected chi connectivity index (χ3v) is 3.77. The van der Waals surface area contributed by atoms with Gasteiger partial charge in [-0.05, 0) is 22.6 Å². The van der Waals surface area contributed by atoms with E-state index in [1.165, 1.54) is 22.6 Å². The topological polar surface area (TPSA) is 91.5 Å². The summed E-state index contributed by atoms with van der Waals surface area (Å²) in [5.41, 5.74) is 0. The van der Waals surface area contributed by atoms with Crippen LogP contribution in [-0.4, -0.2) is 26.9 Å². The highest BCUT2D eigenvalue weighted by Gasteiger charge is 2.37. The van der Waals surface area contributed by atoms with Crippen LogP contribution in [0.1, 0.15) is 0 Å². The van der Waals surface area contributed by atoms with Gasteiger partial charge < -0.3 is 9.47 Å². The van der Waals surface area contributed by atoms with Crippen LogP contribution in [0.4, 0.5) is 13.2 Å². The van der Waals surface area contributed by atoms with Gasteiger partial charge in [-0.3, -0.25) is 0 Å². The van der Waals surface area contributed by atoms with Crippen LogP contribution in [0.5, 0.6) is 11.6 Å². The number of methoxy groups -OCH3 is 1. The predicted molar refractivity (Wildman–Crippen MR) is 61.6 cm³/mol. The minimum atomic E-state index is -5.10. The average molecular weight is 398 g/mol. The van der Waals surface area contributed by atoms with Crippen molar-refractivity contribution < 1.29 is 31.1 Å². The molecule has 2 N–H and O–H groups in total. The summed E-state index contributed by atoms with van der Waals surface area (Å²) < 4.78 is 67.2. The van der Waals surface area contributed by atoms with E-state index in [1.54, 1.807) is 0 Å². The van der Waals surface area contributed by atoms with Crippen LogP contribution in [0.15, 0.2) is 11.1 Å². The second kappa shape index (κ2) is 5.05.